The van der Waals surface area contributed by atoms with Crippen LogP contribution in [-0.2, 0) is 0 Å². The van der Waals surface area contributed by atoms with Gasteiger partial charge in [0.2, 0.25) is 0 Å². The molecule has 0 aliphatic rings. The predicted molar refractivity (Wildman–Crippen MR) is 88.4 cm³/mol. The molecule has 0 fully saturated rings. The van der Waals surface area contributed by atoms with Gasteiger partial charge in [-0.1, -0.05) is 27.2 Å². The summed E-state index contributed by atoms with van der Waals surface area (Å²) in [6.45, 7) is 11.7. The number of aliphatic imine (C=N–C) groups is 1. The molecule has 0 aromatic heterocycles. The quantitative estimate of drug-likeness (QED) is 0.303. The van der Waals surface area contributed by atoms with Crippen LogP contribution in [0.2, 0.25) is 0 Å². The number of rotatable bonds is 8. The van der Waals surface area contributed by atoms with Crippen LogP contribution in [0.1, 0.15) is 53.4 Å². The fourth-order valence-electron chi connectivity index (χ4n) is 1.42. The van der Waals surface area contributed by atoms with Crippen LogP contribution in [-0.4, -0.2) is 25.6 Å². The van der Waals surface area contributed by atoms with E-state index in [0.29, 0.717) is 0 Å². The van der Waals surface area contributed by atoms with Crippen molar-refractivity contribution in [2.45, 2.75) is 53.4 Å². The van der Waals surface area contributed by atoms with Crippen molar-refractivity contribution in [2.24, 2.45) is 10.9 Å². The number of hydrogen-bond donors (Lipinski definition) is 2. The van der Waals surface area contributed by atoms with Gasteiger partial charge in [-0.25, -0.2) is 0 Å². The van der Waals surface area contributed by atoms with Crippen molar-refractivity contribution >= 4 is 29.9 Å². The normalized spacial score (nSPS) is 11.2. The van der Waals surface area contributed by atoms with Crippen LogP contribution >= 0.6 is 24.0 Å². The van der Waals surface area contributed by atoms with Gasteiger partial charge in [0, 0.05) is 19.6 Å². The number of halogens is 1. The topological polar surface area (TPSA) is 36.4 Å². The Morgan fingerprint density at radius 3 is 2.35 bits per heavy atom. The lowest BCUT2D eigenvalue weighted by Crippen LogP contribution is -2.37. The van der Waals surface area contributed by atoms with Crippen LogP contribution in [0.25, 0.3) is 0 Å². The molecule has 0 aromatic rings. The van der Waals surface area contributed by atoms with Gasteiger partial charge in [-0.2, -0.15) is 0 Å². The number of nitrogens with one attached hydrogen (secondary N) is 2. The Hall–Kier alpha value is 0. The van der Waals surface area contributed by atoms with E-state index in [1.807, 2.05) is 0 Å². The number of hydrogen-bond acceptors (Lipinski definition) is 1. The lowest BCUT2D eigenvalue weighted by molar-refractivity contribution is 0.560. The van der Waals surface area contributed by atoms with E-state index < -0.39 is 0 Å². The molecule has 0 atom stereocenters. The first-order valence-corrected chi connectivity index (χ1v) is 6.72. The van der Waals surface area contributed by atoms with Crippen molar-refractivity contribution in [3.63, 3.8) is 0 Å². The smallest absolute Gasteiger partial charge is 0.191 e. The first-order valence-electron chi connectivity index (χ1n) is 6.72. The molecule has 0 rings (SSSR count). The molecule has 0 spiro atoms. The molecule has 0 saturated heterocycles. The Kier molecular flexibility index (Phi) is 16.0. The van der Waals surface area contributed by atoms with Crippen molar-refractivity contribution in [3.05, 3.63) is 0 Å². The van der Waals surface area contributed by atoms with Crippen LogP contribution in [0.5, 0.6) is 0 Å². The number of guanidine groups is 1. The highest BCUT2D eigenvalue weighted by Gasteiger charge is 1.96. The van der Waals surface area contributed by atoms with Crippen LogP contribution in [0.15, 0.2) is 4.99 Å². The SMILES string of the molecule is CCCCNC(=NCCCC(C)C)NCC.I. The van der Waals surface area contributed by atoms with Gasteiger partial charge < -0.3 is 10.6 Å². The molecule has 0 aromatic carbocycles. The van der Waals surface area contributed by atoms with Gasteiger partial charge in [0.05, 0.1) is 0 Å². The maximum atomic E-state index is 4.55. The molecule has 0 unspecified atom stereocenters. The fourth-order valence-corrected chi connectivity index (χ4v) is 1.42. The summed E-state index contributed by atoms with van der Waals surface area (Å²) in [5.74, 6) is 1.76. The van der Waals surface area contributed by atoms with E-state index in [4.69, 9.17) is 0 Å². The first kappa shape index (κ1) is 19.3. The summed E-state index contributed by atoms with van der Waals surface area (Å²) in [6.07, 6.45) is 4.87. The third kappa shape index (κ3) is 13.9. The van der Waals surface area contributed by atoms with Crippen molar-refractivity contribution in [1.82, 2.24) is 10.6 Å². The minimum Gasteiger partial charge on any atom is -0.357 e. The summed E-state index contributed by atoms with van der Waals surface area (Å²) >= 11 is 0. The van der Waals surface area contributed by atoms with Crippen LogP contribution < -0.4 is 10.6 Å². The summed E-state index contributed by atoms with van der Waals surface area (Å²) < 4.78 is 0. The van der Waals surface area contributed by atoms with E-state index in [-0.39, 0.29) is 24.0 Å². The summed E-state index contributed by atoms with van der Waals surface area (Å²) in [5.41, 5.74) is 0. The van der Waals surface area contributed by atoms with Crippen molar-refractivity contribution in [2.75, 3.05) is 19.6 Å². The third-order valence-corrected chi connectivity index (χ3v) is 2.38. The second-order valence-corrected chi connectivity index (χ2v) is 4.58. The van der Waals surface area contributed by atoms with Gasteiger partial charge in [0.15, 0.2) is 5.96 Å². The van der Waals surface area contributed by atoms with E-state index in [1.165, 1.54) is 25.7 Å². The molecule has 0 aliphatic carbocycles. The Labute approximate surface area is 124 Å². The zero-order valence-electron chi connectivity index (χ0n) is 11.9. The van der Waals surface area contributed by atoms with Gasteiger partial charge in [0.25, 0.3) is 0 Å². The molecule has 17 heavy (non-hydrogen) atoms. The zero-order valence-corrected chi connectivity index (χ0v) is 14.2. The summed E-state index contributed by atoms with van der Waals surface area (Å²) in [4.78, 5) is 4.55. The van der Waals surface area contributed by atoms with Gasteiger partial charge in [-0.15, -0.1) is 24.0 Å². The Balaban J connectivity index is 0. The average Bonchev–Trinajstić information content (AvgIpc) is 2.24. The van der Waals surface area contributed by atoms with Crippen molar-refractivity contribution in [1.29, 1.82) is 0 Å². The molecular formula is C13H30IN3. The van der Waals surface area contributed by atoms with Crippen LogP contribution in [0, 0.1) is 5.92 Å². The van der Waals surface area contributed by atoms with E-state index >= 15 is 0 Å². The van der Waals surface area contributed by atoms with Crippen LogP contribution in [0.3, 0.4) is 0 Å². The lowest BCUT2D eigenvalue weighted by atomic mass is 10.1. The van der Waals surface area contributed by atoms with E-state index in [9.17, 15) is 0 Å². The highest BCUT2D eigenvalue weighted by atomic mass is 127. The molecule has 3 nitrogen and oxygen atoms in total. The molecule has 0 bridgehead atoms. The number of unbranched alkanes of at least 4 members (excludes halogenated alkanes) is 1. The fraction of sp³-hybridized carbons (Fsp3) is 0.923. The summed E-state index contributed by atoms with van der Waals surface area (Å²) in [6, 6.07) is 0. The largest absolute Gasteiger partial charge is 0.357 e. The van der Waals surface area contributed by atoms with E-state index in [0.717, 1.165) is 31.5 Å². The van der Waals surface area contributed by atoms with Crippen LogP contribution in [0.4, 0.5) is 0 Å². The maximum Gasteiger partial charge on any atom is 0.191 e. The van der Waals surface area contributed by atoms with Gasteiger partial charge in [-0.05, 0) is 32.1 Å². The number of nitrogens with zero attached hydrogens (tertiary/aromatic N) is 1. The molecule has 0 heterocycles. The molecule has 4 heteroatoms. The molecule has 0 amide bonds. The molecule has 0 aliphatic heterocycles. The van der Waals surface area contributed by atoms with E-state index in [1.54, 1.807) is 0 Å². The molecule has 0 saturated carbocycles. The molecule has 0 radical (unpaired) electrons. The highest BCUT2D eigenvalue weighted by molar-refractivity contribution is 14.0. The Morgan fingerprint density at radius 2 is 1.82 bits per heavy atom. The minimum atomic E-state index is 0. The second kappa shape index (κ2) is 14.1. The van der Waals surface area contributed by atoms with Crippen molar-refractivity contribution in [3.8, 4) is 0 Å². The summed E-state index contributed by atoms with van der Waals surface area (Å²) in [5, 5.41) is 6.62. The summed E-state index contributed by atoms with van der Waals surface area (Å²) in [7, 11) is 0. The molecule has 2 N–H and O–H groups in total. The first-order chi connectivity index (χ1) is 7.70. The standard InChI is InChI=1S/C13H29N3.HI/c1-5-7-10-15-13(14-6-2)16-11-8-9-12(3)4;/h12H,5-11H2,1-4H3,(H2,14,15,16);1H. The Bertz CT molecular complexity index is 182. The predicted octanol–water partition coefficient (Wildman–Crippen LogP) is 3.40. The monoisotopic (exact) mass is 355 g/mol. The molecule has 104 valence electrons. The van der Waals surface area contributed by atoms with E-state index in [2.05, 4.69) is 43.3 Å². The third-order valence-electron chi connectivity index (χ3n) is 2.38. The second-order valence-electron chi connectivity index (χ2n) is 4.58. The maximum absolute atomic E-state index is 4.55. The highest BCUT2D eigenvalue weighted by Crippen LogP contribution is 2.02. The molecular weight excluding hydrogens is 325 g/mol. The lowest BCUT2D eigenvalue weighted by Gasteiger charge is -2.10. The van der Waals surface area contributed by atoms with Gasteiger partial charge in [0.1, 0.15) is 0 Å². The van der Waals surface area contributed by atoms with Crippen molar-refractivity contribution < 1.29 is 0 Å². The zero-order chi connectivity index (χ0) is 12.2. The average molecular weight is 355 g/mol. The van der Waals surface area contributed by atoms with Gasteiger partial charge >= 0.3 is 0 Å². The Morgan fingerprint density at radius 1 is 1.12 bits per heavy atom. The minimum absolute atomic E-state index is 0. The van der Waals surface area contributed by atoms with Gasteiger partial charge in [-0.3, -0.25) is 4.99 Å².